The van der Waals surface area contributed by atoms with Crippen LogP contribution in [0.2, 0.25) is 0 Å². The third-order valence-electron chi connectivity index (χ3n) is 2.41. The Morgan fingerprint density at radius 1 is 1.54 bits per heavy atom. The van der Waals surface area contributed by atoms with Crippen molar-refractivity contribution in [3.8, 4) is 0 Å². The summed E-state index contributed by atoms with van der Waals surface area (Å²) in [5.41, 5.74) is 5.43. The molecular weight excluding hydrogens is 166 g/mol. The summed E-state index contributed by atoms with van der Waals surface area (Å²) < 4.78 is 11.2. The van der Waals surface area contributed by atoms with Gasteiger partial charge < -0.3 is 15.2 Å². The highest BCUT2D eigenvalue weighted by atomic mass is 16.5. The van der Waals surface area contributed by atoms with Crippen LogP contribution in [-0.2, 0) is 9.47 Å². The molecule has 0 radical (unpaired) electrons. The molecular formula is C10H21NO2. The lowest BCUT2D eigenvalue weighted by Crippen LogP contribution is -2.27. The van der Waals surface area contributed by atoms with Crippen molar-refractivity contribution in [2.45, 2.75) is 44.8 Å². The maximum atomic E-state index is 5.62. The van der Waals surface area contributed by atoms with Gasteiger partial charge in [-0.25, -0.2) is 0 Å². The molecule has 0 aromatic rings. The van der Waals surface area contributed by atoms with Gasteiger partial charge in [0.2, 0.25) is 0 Å². The first kappa shape index (κ1) is 11.0. The lowest BCUT2D eigenvalue weighted by atomic mass is 10.1. The third kappa shape index (κ3) is 4.60. The Hall–Kier alpha value is -0.120. The largest absolute Gasteiger partial charge is 0.376 e. The van der Waals surface area contributed by atoms with Crippen LogP contribution in [-0.4, -0.2) is 32.0 Å². The summed E-state index contributed by atoms with van der Waals surface area (Å²) in [6, 6.07) is 0. The molecule has 0 aliphatic carbocycles. The van der Waals surface area contributed by atoms with Gasteiger partial charge in [-0.1, -0.05) is 0 Å². The quantitative estimate of drug-likeness (QED) is 0.705. The van der Waals surface area contributed by atoms with Gasteiger partial charge in [-0.15, -0.1) is 0 Å². The van der Waals surface area contributed by atoms with Gasteiger partial charge >= 0.3 is 0 Å². The summed E-state index contributed by atoms with van der Waals surface area (Å²) in [5.74, 6) is 0. The SMILES string of the molecule is CC(CCN)OCC1CCCCO1. The van der Waals surface area contributed by atoms with Crippen LogP contribution in [0.5, 0.6) is 0 Å². The molecule has 2 unspecified atom stereocenters. The molecule has 1 aliphatic heterocycles. The van der Waals surface area contributed by atoms with Crippen LogP contribution in [0.3, 0.4) is 0 Å². The van der Waals surface area contributed by atoms with E-state index in [1.54, 1.807) is 0 Å². The van der Waals surface area contributed by atoms with E-state index in [9.17, 15) is 0 Å². The number of rotatable bonds is 5. The molecule has 3 nitrogen and oxygen atoms in total. The van der Waals surface area contributed by atoms with Crippen LogP contribution in [0.15, 0.2) is 0 Å². The molecule has 0 aromatic heterocycles. The van der Waals surface area contributed by atoms with E-state index in [0.717, 1.165) is 26.1 Å². The fourth-order valence-corrected chi connectivity index (χ4v) is 1.53. The maximum Gasteiger partial charge on any atom is 0.0808 e. The normalized spacial score (nSPS) is 25.8. The monoisotopic (exact) mass is 187 g/mol. The highest BCUT2D eigenvalue weighted by molar-refractivity contribution is 4.63. The Labute approximate surface area is 80.6 Å². The van der Waals surface area contributed by atoms with Crippen molar-refractivity contribution in [2.75, 3.05) is 19.8 Å². The fourth-order valence-electron chi connectivity index (χ4n) is 1.53. The van der Waals surface area contributed by atoms with Crippen molar-refractivity contribution < 1.29 is 9.47 Å². The molecule has 3 heteroatoms. The molecule has 0 amide bonds. The van der Waals surface area contributed by atoms with Gasteiger partial charge in [0, 0.05) is 6.61 Å². The van der Waals surface area contributed by atoms with Crippen LogP contribution >= 0.6 is 0 Å². The molecule has 1 rings (SSSR count). The Kier molecular flexibility index (Phi) is 5.35. The van der Waals surface area contributed by atoms with Gasteiger partial charge in [0.15, 0.2) is 0 Å². The number of nitrogens with two attached hydrogens (primary N) is 1. The molecule has 0 saturated carbocycles. The van der Waals surface area contributed by atoms with Crippen molar-refractivity contribution >= 4 is 0 Å². The summed E-state index contributed by atoms with van der Waals surface area (Å²) >= 11 is 0. The molecule has 78 valence electrons. The van der Waals surface area contributed by atoms with Gasteiger partial charge in [0.1, 0.15) is 0 Å². The molecule has 0 aromatic carbocycles. The second-order valence-corrected chi connectivity index (χ2v) is 3.71. The Bertz CT molecular complexity index is 124. The van der Waals surface area contributed by atoms with Crippen LogP contribution in [0.1, 0.15) is 32.6 Å². The van der Waals surface area contributed by atoms with Gasteiger partial charge in [-0.2, -0.15) is 0 Å². The van der Waals surface area contributed by atoms with E-state index in [2.05, 4.69) is 6.92 Å². The fraction of sp³-hybridized carbons (Fsp3) is 1.00. The molecule has 2 N–H and O–H groups in total. The summed E-state index contributed by atoms with van der Waals surface area (Å²) in [5, 5.41) is 0. The first-order valence-electron chi connectivity index (χ1n) is 5.26. The van der Waals surface area contributed by atoms with E-state index in [-0.39, 0.29) is 6.10 Å². The zero-order chi connectivity index (χ0) is 9.52. The zero-order valence-electron chi connectivity index (χ0n) is 8.50. The van der Waals surface area contributed by atoms with Gasteiger partial charge in [0.05, 0.1) is 18.8 Å². The van der Waals surface area contributed by atoms with E-state index < -0.39 is 0 Å². The molecule has 1 aliphatic rings. The van der Waals surface area contributed by atoms with E-state index in [0.29, 0.717) is 12.6 Å². The van der Waals surface area contributed by atoms with Crippen molar-refractivity contribution in [3.05, 3.63) is 0 Å². The lowest BCUT2D eigenvalue weighted by molar-refractivity contribution is -0.0598. The number of hydrogen-bond acceptors (Lipinski definition) is 3. The Morgan fingerprint density at radius 2 is 2.38 bits per heavy atom. The number of hydrogen-bond donors (Lipinski definition) is 1. The predicted molar refractivity (Wildman–Crippen MR) is 52.7 cm³/mol. The van der Waals surface area contributed by atoms with Crippen LogP contribution in [0.25, 0.3) is 0 Å². The van der Waals surface area contributed by atoms with Crippen molar-refractivity contribution in [1.29, 1.82) is 0 Å². The van der Waals surface area contributed by atoms with Crippen LogP contribution in [0.4, 0.5) is 0 Å². The summed E-state index contributed by atoms with van der Waals surface area (Å²) in [7, 11) is 0. The summed E-state index contributed by atoms with van der Waals surface area (Å²) in [6.45, 7) is 4.41. The van der Waals surface area contributed by atoms with E-state index in [4.69, 9.17) is 15.2 Å². The van der Waals surface area contributed by atoms with Crippen molar-refractivity contribution in [2.24, 2.45) is 5.73 Å². The van der Waals surface area contributed by atoms with E-state index >= 15 is 0 Å². The van der Waals surface area contributed by atoms with Crippen LogP contribution < -0.4 is 5.73 Å². The minimum atomic E-state index is 0.274. The van der Waals surface area contributed by atoms with E-state index in [1.807, 2.05) is 0 Å². The second kappa shape index (κ2) is 6.35. The van der Waals surface area contributed by atoms with Gasteiger partial charge in [0.25, 0.3) is 0 Å². The molecule has 0 bridgehead atoms. The van der Waals surface area contributed by atoms with Crippen LogP contribution in [0, 0.1) is 0 Å². The molecule has 13 heavy (non-hydrogen) atoms. The highest BCUT2D eigenvalue weighted by Gasteiger charge is 2.14. The van der Waals surface area contributed by atoms with Crippen molar-refractivity contribution in [3.63, 3.8) is 0 Å². The third-order valence-corrected chi connectivity index (χ3v) is 2.41. The zero-order valence-corrected chi connectivity index (χ0v) is 8.50. The average molecular weight is 187 g/mol. The minimum Gasteiger partial charge on any atom is -0.376 e. The van der Waals surface area contributed by atoms with Gasteiger partial charge in [-0.05, 0) is 39.2 Å². The lowest BCUT2D eigenvalue weighted by Gasteiger charge is -2.24. The van der Waals surface area contributed by atoms with Gasteiger partial charge in [-0.3, -0.25) is 0 Å². The second-order valence-electron chi connectivity index (χ2n) is 3.71. The maximum absolute atomic E-state index is 5.62. The van der Waals surface area contributed by atoms with E-state index in [1.165, 1.54) is 12.8 Å². The summed E-state index contributed by atoms with van der Waals surface area (Å²) in [4.78, 5) is 0. The summed E-state index contributed by atoms with van der Waals surface area (Å²) in [6.07, 6.45) is 5.17. The molecule has 2 atom stereocenters. The standard InChI is InChI=1S/C10H21NO2/c1-9(5-6-11)13-8-10-4-2-3-7-12-10/h9-10H,2-8,11H2,1H3. The molecule has 0 spiro atoms. The predicted octanol–water partition coefficient (Wildman–Crippen LogP) is 1.31. The minimum absolute atomic E-state index is 0.274. The average Bonchev–Trinajstić information content (AvgIpc) is 2.17. The molecule has 1 saturated heterocycles. The number of ether oxygens (including phenoxy) is 2. The smallest absolute Gasteiger partial charge is 0.0808 e. The molecule has 1 fully saturated rings. The first-order valence-corrected chi connectivity index (χ1v) is 5.26. The topological polar surface area (TPSA) is 44.5 Å². The first-order chi connectivity index (χ1) is 6.33. The van der Waals surface area contributed by atoms with Crippen molar-refractivity contribution in [1.82, 2.24) is 0 Å². The Balaban J connectivity index is 2.03. The Morgan fingerprint density at radius 3 is 3.00 bits per heavy atom. The highest BCUT2D eigenvalue weighted by Crippen LogP contribution is 2.13. The molecule has 1 heterocycles.